The minimum Gasteiger partial charge on any atom is -0.395 e. The van der Waals surface area contributed by atoms with Gasteiger partial charge in [0.25, 0.3) is 0 Å². The van der Waals surface area contributed by atoms with Crippen molar-refractivity contribution in [2.24, 2.45) is 5.73 Å². The molecule has 0 heterocycles. The minimum atomic E-state index is -1.26. The number of aliphatic hydroxyl groups is 1. The number of alkyl halides is 1. The standard InChI is InChI=1S/C6H14FNO.ClH/c1-6(2,7)3-5(8)4-9;/h5,9H,3-4,8H2,1-2H3;1H/t5-;/m0./s1. The van der Waals surface area contributed by atoms with E-state index in [4.69, 9.17) is 10.8 Å². The number of rotatable bonds is 3. The van der Waals surface area contributed by atoms with Gasteiger partial charge in [-0.15, -0.1) is 12.4 Å². The van der Waals surface area contributed by atoms with E-state index >= 15 is 0 Å². The van der Waals surface area contributed by atoms with Crippen LogP contribution in [0, 0.1) is 0 Å². The third kappa shape index (κ3) is 8.14. The molecule has 0 aliphatic rings. The van der Waals surface area contributed by atoms with Gasteiger partial charge in [0.1, 0.15) is 5.67 Å². The van der Waals surface area contributed by atoms with Crippen LogP contribution in [0.25, 0.3) is 0 Å². The highest BCUT2D eigenvalue weighted by Crippen LogP contribution is 2.14. The van der Waals surface area contributed by atoms with E-state index in [-0.39, 0.29) is 25.4 Å². The van der Waals surface area contributed by atoms with Gasteiger partial charge < -0.3 is 10.8 Å². The second-order valence-electron chi connectivity index (χ2n) is 2.87. The summed E-state index contributed by atoms with van der Waals surface area (Å²) in [6.07, 6.45) is 0.212. The van der Waals surface area contributed by atoms with Crippen molar-refractivity contribution in [3.8, 4) is 0 Å². The van der Waals surface area contributed by atoms with Crippen molar-refractivity contribution < 1.29 is 9.50 Å². The second kappa shape index (κ2) is 4.88. The Morgan fingerprint density at radius 1 is 1.60 bits per heavy atom. The molecule has 0 aromatic rings. The zero-order chi connectivity index (χ0) is 7.49. The van der Waals surface area contributed by atoms with Gasteiger partial charge in [-0.1, -0.05) is 0 Å². The summed E-state index contributed by atoms with van der Waals surface area (Å²) in [5, 5.41) is 8.41. The number of hydrogen-bond donors (Lipinski definition) is 2. The zero-order valence-corrected chi connectivity index (χ0v) is 7.12. The molecule has 2 nitrogen and oxygen atoms in total. The van der Waals surface area contributed by atoms with Gasteiger partial charge in [-0.25, -0.2) is 4.39 Å². The van der Waals surface area contributed by atoms with E-state index in [1.165, 1.54) is 13.8 Å². The van der Waals surface area contributed by atoms with Crippen LogP contribution in [-0.2, 0) is 0 Å². The van der Waals surface area contributed by atoms with E-state index in [0.29, 0.717) is 0 Å². The van der Waals surface area contributed by atoms with Crippen molar-refractivity contribution >= 4 is 12.4 Å². The van der Waals surface area contributed by atoms with Crippen LogP contribution >= 0.6 is 12.4 Å². The van der Waals surface area contributed by atoms with Crippen molar-refractivity contribution in [3.05, 3.63) is 0 Å². The first-order valence-electron chi connectivity index (χ1n) is 3.01. The Hall–Kier alpha value is 0.140. The maximum atomic E-state index is 12.6. The van der Waals surface area contributed by atoms with Gasteiger partial charge in [0.15, 0.2) is 0 Å². The van der Waals surface area contributed by atoms with E-state index in [1.807, 2.05) is 0 Å². The SMILES string of the molecule is CC(C)(F)C[C@H](N)CO.Cl. The molecule has 3 N–H and O–H groups in total. The van der Waals surface area contributed by atoms with Gasteiger partial charge in [0, 0.05) is 6.04 Å². The third-order valence-electron chi connectivity index (χ3n) is 0.982. The molecule has 0 aromatic heterocycles. The van der Waals surface area contributed by atoms with Crippen LogP contribution in [0.2, 0.25) is 0 Å². The number of halogens is 2. The molecule has 0 spiro atoms. The normalized spacial score (nSPS) is 14.1. The van der Waals surface area contributed by atoms with Gasteiger partial charge in [-0.05, 0) is 20.3 Å². The first kappa shape index (κ1) is 12.8. The third-order valence-corrected chi connectivity index (χ3v) is 0.982. The lowest BCUT2D eigenvalue weighted by molar-refractivity contribution is 0.159. The Kier molecular flexibility index (Phi) is 6.24. The zero-order valence-electron chi connectivity index (χ0n) is 6.30. The lowest BCUT2D eigenvalue weighted by Gasteiger charge is -2.17. The maximum Gasteiger partial charge on any atom is 0.107 e. The molecule has 0 unspecified atom stereocenters. The highest BCUT2D eigenvalue weighted by Gasteiger charge is 2.18. The molecule has 0 aliphatic heterocycles. The molecular weight excluding hydrogens is 157 g/mol. The summed E-state index contributed by atoms with van der Waals surface area (Å²) in [5.41, 5.74) is 4.01. The molecule has 0 fully saturated rings. The van der Waals surface area contributed by atoms with E-state index < -0.39 is 11.7 Å². The Morgan fingerprint density at radius 2 is 2.00 bits per heavy atom. The largest absolute Gasteiger partial charge is 0.395 e. The molecule has 0 amide bonds. The second-order valence-corrected chi connectivity index (χ2v) is 2.87. The van der Waals surface area contributed by atoms with Gasteiger partial charge in [-0.2, -0.15) is 0 Å². The van der Waals surface area contributed by atoms with Crippen molar-refractivity contribution in [3.63, 3.8) is 0 Å². The fraction of sp³-hybridized carbons (Fsp3) is 1.00. The first-order valence-corrected chi connectivity index (χ1v) is 3.01. The Balaban J connectivity index is 0. The minimum absolute atomic E-state index is 0. The van der Waals surface area contributed by atoms with E-state index in [0.717, 1.165) is 0 Å². The van der Waals surface area contributed by atoms with Gasteiger partial charge in [-0.3, -0.25) is 0 Å². The Morgan fingerprint density at radius 3 is 2.10 bits per heavy atom. The number of hydrogen-bond acceptors (Lipinski definition) is 2. The molecule has 1 atom stereocenters. The van der Waals surface area contributed by atoms with Crippen molar-refractivity contribution in [2.75, 3.05) is 6.61 Å². The first-order chi connectivity index (χ1) is 3.95. The molecule has 4 heteroatoms. The highest BCUT2D eigenvalue weighted by molar-refractivity contribution is 5.85. The molecule has 64 valence electrons. The Labute approximate surface area is 67.0 Å². The topological polar surface area (TPSA) is 46.2 Å². The number of aliphatic hydroxyl groups excluding tert-OH is 1. The monoisotopic (exact) mass is 171 g/mol. The van der Waals surface area contributed by atoms with Crippen molar-refractivity contribution in [1.82, 2.24) is 0 Å². The molecule has 0 rings (SSSR count). The molecule has 0 bridgehead atoms. The van der Waals surface area contributed by atoms with Crippen LogP contribution < -0.4 is 5.73 Å². The fourth-order valence-corrected chi connectivity index (χ4v) is 0.688. The van der Waals surface area contributed by atoms with Crippen LogP contribution in [-0.4, -0.2) is 23.4 Å². The summed E-state index contributed by atoms with van der Waals surface area (Å²) in [6.45, 7) is 2.75. The van der Waals surface area contributed by atoms with Crippen molar-refractivity contribution in [1.29, 1.82) is 0 Å². The summed E-state index contributed by atoms with van der Waals surface area (Å²) >= 11 is 0. The van der Waals surface area contributed by atoms with E-state index in [2.05, 4.69) is 0 Å². The smallest absolute Gasteiger partial charge is 0.107 e. The predicted octanol–water partition coefficient (Wildman–Crippen LogP) is 0.866. The van der Waals surface area contributed by atoms with Crippen LogP contribution in [0.5, 0.6) is 0 Å². The highest BCUT2D eigenvalue weighted by atomic mass is 35.5. The summed E-state index contributed by atoms with van der Waals surface area (Å²) in [6, 6.07) is -0.426. The fourth-order valence-electron chi connectivity index (χ4n) is 0.688. The van der Waals surface area contributed by atoms with E-state index in [9.17, 15) is 4.39 Å². The average Bonchev–Trinajstić information content (AvgIpc) is 1.62. The molecule has 0 radical (unpaired) electrons. The lowest BCUT2D eigenvalue weighted by atomic mass is 10.0. The average molecular weight is 172 g/mol. The molecule has 0 aliphatic carbocycles. The number of nitrogens with two attached hydrogens (primary N) is 1. The summed E-state index contributed by atoms with van der Waals surface area (Å²) in [7, 11) is 0. The molecular formula is C6H15ClFNO. The molecule has 0 saturated heterocycles. The molecule has 10 heavy (non-hydrogen) atoms. The lowest BCUT2D eigenvalue weighted by Crippen LogP contribution is -2.31. The van der Waals surface area contributed by atoms with Crippen LogP contribution in [0.4, 0.5) is 4.39 Å². The predicted molar refractivity (Wildman–Crippen MR) is 42.1 cm³/mol. The molecule has 0 aromatic carbocycles. The van der Waals surface area contributed by atoms with Crippen LogP contribution in [0.15, 0.2) is 0 Å². The quantitative estimate of drug-likeness (QED) is 0.662. The van der Waals surface area contributed by atoms with Gasteiger partial charge >= 0.3 is 0 Å². The molecule has 0 saturated carbocycles. The van der Waals surface area contributed by atoms with Gasteiger partial charge in [0.2, 0.25) is 0 Å². The summed E-state index contributed by atoms with van der Waals surface area (Å²) in [4.78, 5) is 0. The van der Waals surface area contributed by atoms with Crippen molar-refractivity contribution in [2.45, 2.75) is 32.0 Å². The van der Waals surface area contributed by atoms with Gasteiger partial charge in [0.05, 0.1) is 6.61 Å². The summed E-state index contributed by atoms with van der Waals surface area (Å²) < 4.78 is 12.6. The summed E-state index contributed by atoms with van der Waals surface area (Å²) in [5.74, 6) is 0. The Bertz CT molecular complexity index is 84.3. The van der Waals surface area contributed by atoms with Crippen LogP contribution in [0.3, 0.4) is 0 Å². The van der Waals surface area contributed by atoms with E-state index in [1.54, 1.807) is 0 Å². The maximum absolute atomic E-state index is 12.6. The van der Waals surface area contributed by atoms with Crippen LogP contribution in [0.1, 0.15) is 20.3 Å².